The van der Waals surface area contributed by atoms with Crippen LogP contribution in [0.15, 0.2) is 18.2 Å². The number of halogens is 3. The number of rotatable bonds is 6. The molecule has 0 atom stereocenters. The molecular weight excluding hydrogens is 338 g/mol. The normalized spacial score (nSPS) is 16.1. The van der Waals surface area contributed by atoms with E-state index in [9.17, 15) is 18.4 Å². The summed E-state index contributed by atoms with van der Waals surface area (Å²) in [7, 11) is 0. The van der Waals surface area contributed by atoms with Crippen LogP contribution in [0.25, 0.3) is 0 Å². The van der Waals surface area contributed by atoms with Gasteiger partial charge in [-0.25, -0.2) is 8.78 Å². The first-order valence-corrected chi connectivity index (χ1v) is 7.85. The van der Waals surface area contributed by atoms with Crippen molar-refractivity contribution >= 4 is 24.1 Å². The number of carbonyl (C=O) groups is 2. The number of piperidine rings is 1. The van der Waals surface area contributed by atoms with Crippen LogP contribution in [-0.4, -0.2) is 31.3 Å². The van der Waals surface area contributed by atoms with Gasteiger partial charge < -0.3 is 10.6 Å². The third-order valence-electron chi connectivity index (χ3n) is 4.34. The third kappa shape index (κ3) is 5.83. The summed E-state index contributed by atoms with van der Waals surface area (Å²) in [4.78, 5) is 23.8. The Morgan fingerprint density at radius 3 is 2.46 bits per heavy atom. The molecule has 0 aliphatic carbocycles. The van der Waals surface area contributed by atoms with Crippen LogP contribution in [0.4, 0.5) is 8.78 Å². The Hall–Kier alpha value is -1.53. The molecule has 0 radical (unpaired) electrons. The fourth-order valence-electron chi connectivity index (χ4n) is 2.65. The van der Waals surface area contributed by atoms with Crippen molar-refractivity contribution in [2.24, 2.45) is 5.41 Å². The number of benzene rings is 1. The highest BCUT2D eigenvalue weighted by Crippen LogP contribution is 2.26. The Labute approximate surface area is 146 Å². The summed E-state index contributed by atoms with van der Waals surface area (Å²) in [5, 5.41) is 6.15. The molecule has 0 bridgehead atoms. The fourth-order valence-corrected chi connectivity index (χ4v) is 2.65. The summed E-state index contributed by atoms with van der Waals surface area (Å²) >= 11 is 0. The van der Waals surface area contributed by atoms with Crippen LogP contribution >= 0.6 is 12.4 Å². The maximum absolute atomic E-state index is 13.1. The first-order chi connectivity index (χ1) is 10.9. The number of hydrogen-bond acceptors (Lipinski definition) is 3. The van der Waals surface area contributed by atoms with Gasteiger partial charge in [-0.2, -0.15) is 0 Å². The molecule has 4 nitrogen and oxygen atoms in total. The predicted octanol–water partition coefficient (Wildman–Crippen LogP) is 2.86. The lowest BCUT2D eigenvalue weighted by molar-refractivity contribution is -0.121. The van der Waals surface area contributed by atoms with Gasteiger partial charge >= 0.3 is 0 Å². The van der Waals surface area contributed by atoms with E-state index in [1.165, 1.54) is 6.07 Å². The van der Waals surface area contributed by atoms with Crippen LogP contribution < -0.4 is 10.6 Å². The van der Waals surface area contributed by atoms with Gasteiger partial charge in [0.05, 0.1) is 0 Å². The molecule has 0 aromatic heterocycles. The summed E-state index contributed by atoms with van der Waals surface area (Å²) in [5.41, 5.74) is 0.173. The van der Waals surface area contributed by atoms with Crippen LogP contribution in [0.3, 0.4) is 0 Å². The molecular formula is C17H23ClF2N2O2. The monoisotopic (exact) mass is 360 g/mol. The topological polar surface area (TPSA) is 58.2 Å². The van der Waals surface area contributed by atoms with E-state index in [2.05, 4.69) is 17.6 Å². The number of hydrogen-bond donors (Lipinski definition) is 2. The molecule has 0 unspecified atom stereocenters. The van der Waals surface area contributed by atoms with Crippen molar-refractivity contribution < 1.29 is 18.4 Å². The highest BCUT2D eigenvalue weighted by molar-refractivity contribution is 5.97. The summed E-state index contributed by atoms with van der Waals surface area (Å²) in [6.45, 7) is 4.62. The van der Waals surface area contributed by atoms with Gasteiger partial charge in [-0.15, -0.1) is 12.4 Å². The van der Waals surface area contributed by atoms with Gasteiger partial charge in [0.15, 0.2) is 17.4 Å². The van der Waals surface area contributed by atoms with E-state index in [0.717, 1.165) is 38.1 Å². The maximum Gasteiger partial charge on any atom is 0.220 e. The summed E-state index contributed by atoms with van der Waals surface area (Å²) in [5.74, 6) is -2.61. The molecule has 134 valence electrons. The van der Waals surface area contributed by atoms with Crippen molar-refractivity contribution in [1.82, 2.24) is 10.6 Å². The van der Waals surface area contributed by atoms with Gasteiger partial charge in [0.2, 0.25) is 5.91 Å². The lowest BCUT2D eigenvalue weighted by Gasteiger charge is -2.34. The average Bonchev–Trinajstić information content (AvgIpc) is 2.54. The molecule has 1 fully saturated rings. The molecule has 0 spiro atoms. The molecule has 24 heavy (non-hydrogen) atoms. The number of Topliss-reactive ketones (excluding diaryl/α,β-unsaturated/α-hetero) is 1. The average molecular weight is 361 g/mol. The van der Waals surface area contributed by atoms with E-state index in [0.29, 0.717) is 6.54 Å². The second-order valence-electron chi connectivity index (χ2n) is 6.39. The van der Waals surface area contributed by atoms with E-state index in [4.69, 9.17) is 0 Å². The fraction of sp³-hybridized carbons (Fsp3) is 0.529. The molecule has 1 saturated heterocycles. The molecule has 0 saturated carbocycles. The zero-order chi connectivity index (χ0) is 16.9. The smallest absolute Gasteiger partial charge is 0.220 e. The molecule has 1 aliphatic rings. The number of carbonyl (C=O) groups excluding carboxylic acids is 2. The standard InChI is InChI=1S/C17H22F2N2O2.ClH/c1-17(6-8-20-9-7-17)11-21-16(23)5-4-15(22)12-2-3-13(18)14(19)10-12;/h2-3,10,20H,4-9,11H2,1H3,(H,21,23);1H. The van der Waals surface area contributed by atoms with Gasteiger partial charge in [0.25, 0.3) is 0 Å². The van der Waals surface area contributed by atoms with Crippen LogP contribution in [-0.2, 0) is 4.79 Å². The number of ketones is 1. The minimum absolute atomic E-state index is 0. The van der Waals surface area contributed by atoms with Crippen LogP contribution in [0.1, 0.15) is 43.0 Å². The first-order valence-electron chi connectivity index (χ1n) is 7.85. The first kappa shape index (κ1) is 20.5. The van der Waals surface area contributed by atoms with Crippen LogP contribution in [0, 0.1) is 17.0 Å². The Kier molecular flexibility index (Phi) is 7.76. The minimum atomic E-state index is -1.06. The molecule has 1 aromatic rings. The molecule has 1 aliphatic heterocycles. The molecule has 1 amide bonds. The summed E-state index contributed by atoms with van der Waals surface area (Å²) in [6, 6.07) is 3.01. The van der Waals surface area contributed by atoms with E-state index in [1.54, 1.807) is 0 Å². The highest BCUT2D eigenvalue weighted by Gasteiger charge is 2.27. The van der Waals surface area contributed by atoms with E-state index < -0.39 is 11.6 Å². The molecule has 7 heteroatoms. The summed E-state index contributed by atoms with van der Waals surface area (Å²) in [6.07, 6.45) is 2.03. The largest absolute Gasteiger partial charge is 0.356 e. The molecule has 2 N–H and O–H groups in total. The van der Waals surface area contributed by atoms with Crippen molar-refractivity contribution in [3.63, 3.8) is 0 Å². The minimum Gasteiger partial charge on any atom is -0.356 e. The van der Waals surface area contributed by atoms with Crippen LogP contribution in [0.2, 0.25) is 0 Å². The zero-order valence-electron chi connectivity index (χ0n) is 13.7. The van der Waals surface area contributed by atoms with Gasteiger partial charge in [0, 0.05) is 24.9 Å². The zero-order valence-corrected chi connectivity index (χ0v) is 14.5. The predicted molar refractivity (Wildman–Crippen MR) is 90.4 cm³/mol. The molecule has 1 aromatic carbocycles. The summed E-state index contributed by atoms with van der Waals surface area (Å²) < 4.78 is 25.9. The van der Waals surface area contributed by atoms with Crippen LogP contribution in [0.5, 0.6) is 0 Å². The van der Waals surface area contributed by atoms with E-state index in [-0.39, 0.29) is 47.9 Å². The van der Waals surface area contributed by atoms with Gasteiger partial charge in [-0.05, 0) is 49.5 Å². The number of amides is 1. The lowest BCUT2D eigenvalue weighted by atomic mass is 9.81. The van der Waals surface area contributed by atoms with Gasteiger partial charge in [-0.3, -0.25) is 9.59 Å². The second kappa shape index (κ2) is 9.08. The Morgan fingerprint density at radius 2 is 1.83 bits per heavy atom. The SMILES string of the molecule is CC1(CNC(=O)CCC(=O)c2ccc(F)c(F)c2)CCNCC1.Cl. The van der Waals surface area contributed by atoms with Gasteiger partial charge in [0.1, 0.15) is 0 Å². The highest BCUT2D eigenvalue weighted by atomic mass is 35.5. The van der Waals surface area contributed by atoms with Crippen molar-refractivity contribution in [3.05, 3.63) is 35.4 Å². The quantitative estimate of drug-likeness (QED) is 0.767. The van der Waals surface area contributed by atoms with E-state index >= 15 is 0 Å². The second-order valence-corrected chi connectivity index (χ2v) is 6.39. The van der Waals surface area contributed by atoms with Crippen molar-refractivity contribution in [2.75, 3.05) is 19.6 Å². The Balaban J connectivity index is 0.00000288. The molecule has 2 rings (SSSR count). The van der Waals surface area contributed by atoms with Gasteiger partial charge in [-0.1, -0.05) is 6.92 Å². The number of nitrogens with one attached hydrogen (secondary N) is 2. The van der Waals surface area contributed by atoms with Crippen molar-refractivity contribution in [3.8, 4) is 0 Å². The Bertz CT molecular complexity index is 590. The third-order valence-corrected chi connectivity index (χ3v) is 4.34. The maximum atomic E-state index is 13.1. The Morgan fingerprint density at radius 1 is 1.17 bits per heavy atom. The van der Waals surface area contributed by atoms with E-state index in [1.807, 2.05) is 0 Å². The lowest BCUT2D eigenvalue weighted by Crippen LogP contribution is -2.42. The van der Waals surface area contributed by atoms with Crippen molar-refractivity contribution in [2.45, 2.75) is 32.6 Å². The molecule has 1 heterocycles. The van der Waals surface area contributed by atoms with Crippen molar-refractivity contribution in [1.29, 1.82) is 0 Å².